The fourth-order valence-corrected chi connectivity index (χ4v) is 3.79. The van der Waals surface area contributed by atoms with E-state index >= 15 is 0 Å². The minimum absolute atomic E-state index is 0.0706. The zero-order valence-electron chi connectivity index (χ0n) is 12.9. The fourth-order valence-electron chi connectivity index (χ4n) is 3.45. The standard InChI is InChI=1S/C17H14BrN3O3/c1-2-24-15(22)10-3-9-5-17(6-13(9)19-7-10)12-4-11(18)8-20-14(12)21-16(17)23/h3-4,7-8H,2,5-6H2,1H3,(H,20,21,23)/t17-/m0/s1. The second kappa shape index (κ2) is 5.37. The van der Waals surface area contributed by atoms with Crippen LogP contribution in [-0.2, 0) is 27.8 Å². The van der Waals surface area contributed by atoms with Crippen LogP contribution in [-0.4, -0.2) is 28.5 Å². The van der Waals surface area contributed by atoms with E-state index in [1.807, 2.05) is 6.07 Å². The predicted octanol–water partition coefficient (Wildman–Crippen LogP) is 2.40. The minimum atomic E-state index is -0.700. The number of carbonyl (C=O) groups excluding carboxylic acids is 2. The number of ether oxygens (including phenoxy) is 1. The molecule has 0 saturated carbocycles. The molecule has 2 aliphatic rings. The molecule has 122 valence electrons. The summed E-state index contributed by atoms with van der Waals surface area (Å²) in [5, 5.41) is 2.86. The van der Waals surface area contributed by atoms with E-state index in [9.17, 15) is 9.59 Å². The van der Waals surface area contributed by atoms with Gasteiger partial charge in [-0.1, -0.05) is 0 Å². The third-order valence-electron chi connectivity index (χ3n) is 4.57. The van der Waals surface area contributed by atoms with E-state index in [1.54, 1.807) is 19.2 Å². The lowest BCUT2D eigenvalue weighted by atomic mass is 9.80. The van der Waals surface area contributed by atoms with Gasteiger partial charge in [0.05, 0.1) is 17.6 Å². The normalized spacial score (nSPS) is 20.7. The van der Waals surface area contributed by atoms with Crippen LogP contribution in [0.5, 0.6) is 0 Å². The van der Waals surface area contributed by atoms with Crippen LogP contribution in [0.2, 0.25) is 0 Å². The first-order valence-corrected chi connectivity index (χ1v) is 8.45. The number of halogens is 1. The van der Waals surface area contributed by atoms with Crippen molar-refractivity contribution in [3.8, 4) is 0 Å². The molecular weight excluding hydrogens is 374 g/mol. The van der Waals surface area contributed by atoms with E-state index in [2.05, 4.69) is 31.2 Å². The van der Waals surface area contributed by atoms with Crippen molar-refractivity contribution >= 4 is 33.6 Å². The number of rotatable bonds is 2. The average Bonchev–Trinajstić information content (AvgIpc) is 3.07. The number of aromatic nitrogens is 2. The summed E-state index contributed by atoms with van der Waals surface area (Å²) in [7, 11) is 0. The quantitative estimate of drug-likeness (QED) is 0.800. The Hall–Kier alpha value is -2.28. The van der Waals surface area contributed by atoms with Crippen molar-refractivity contribution in [2.24, 2.45) is 0 Å². The zero-order chi connectivity index (χ0) is 16.9. The van der Waals surface area contributed by atoms with Crippen LogP contribution in [0.4, 0.5) is 5.82 Å². The van der Waals surface area contributed by atoms with Gasteiger partial charge in [0.15, 0.2) is 0 Å². The summed E-state index contributed by atoms with van der Waals surface area (Å²) < 4.78 is 5.85. The van der Waals surface area contributed by atoms with Gasteiger partial charge in [-0.3, -0.25) is 9.78 Å². The van der Waals surface area contributed by atoms with Gasteiger partial charge in [0.2, 0.25) is 5.91 Å². The van der Waals surface area contributed by atoms with Crippen molar-refractivity contribution in [2.75, 3.05) is 11.9 Å². The van der Waals surface area contributed by atoms with Crippen molar-refractivity contribution in [1.82, 2.24) is 9.97 Å². The number of carbonyl (C=O) groups is 2. The summed E-state index contributed by atoms with van der Waals surface area (Å²) in [5.41, 5.74) is 2.33. The second-order valence-corrected chi connectivity index (χ2v) is 6.91. The van der Waals surface area contributed by atoms with E-state index in [-0.39, 0.29) is 5.91 Å². The van der Waals surface area contributed by atoms with Crippen molar-refractivity contribution < 1.29 is 14.3 Å². The molecule has 1 spiro atoms. The Morgan fingerprint density at radius 3 is 2.96 bits per heavy atom. The van der Waals surface area contributed by atoms with E-state index in [1.165, 1.54) is 6.20 Å². The maximum Gasteiger partial charge on any atom is 0.339 e. The van der Waals surface area contributed by atoms with E-state index in [4.69, 9.17) is 4.74 Å². The van der Waals surface area contributed by atoms with Crippen molar-refractivity contribution in [2.45, 2.75) is 25.2 Å². The van der Waals surface area contributed by atoms with Gasteiger partial charge in [-0.2, -0.15) is 0 Å². The highest BCUT2D eigenvalue weighted by Crippen LogP contribution is 2.46. The molecule has 6 nitrogen and oxygen atoms in total. The lowest BCUT2D eigenvalue weighted by Gasteiger charge is -2.20. The van der Waals surface area contributed by atoms with Crippen LogP contribution in [0.15, 0.2) is 29.0 Å². The second-order valence-electron chi connectivity index (χ2n) is 5.99. The zero-order valence-corrected chi connectivity index (χ0v) is 14.5. The summed E-state index contributed by atoms with van der Waals surface area (Å²) >= 11 is 3.42. The summed E-state index contributed by atoms with van der Waals surface area (Å²) in [6.07, 6.45) is 4.18. The third kappa shape index (κ3) is 2.15. The molecule has 0 radical (unpaired) electrons. The molecular formula is C17H14BrN3O3. The fraction of sp³-hybridized carbons (Fsp3) is 0.294. The van der Waals surface area contributed by atoms with Crippen LogP contribution in [0.3, 0.4) is 0 Å². The molecule has 3 heterocycles. The van der Waals surface area contributed by atoms with Gasteiger partial charge in [-0.15, -0.1) is 0 Å². The maximum absolute atomic E-state index is 12.7. The van der Waals surface area contributed by atoms with E-state index in [0.29, 0.717) is 30.8 Å². The molecule has 1 aliphatic carbocycles. The predicted molar refractivity (Wildman–Crippen MR) is 89.8 cm³/mol. The number of amides is 1. The minimum Gasteiger partial charge on any atom is -0.462 e. The Kier molecular flexibility index (Phi) is 3.42. The summed E-state index contributed by atoms with van der Waals surface area (Å²) in [6, 6.07) is 3.71. The summed E-state index contributed by atoms with van der Waals surface area (Å²) in [5.74, 6) is 0.134. The van der Waals surface area contributed by atoms with Gasteiger partial charge in [-0.25, -0.2) is 9.78 Å². The van der Waals surface area contributed by atoms with Gasteiger partial charge >= 0.3 is 5.97 Å². The van der Waals surface area contributed by atoms with Crippen LogP contribution in [0, 0.1) is 0 Å². The van der Waals surface area contributed by atoms with Gasteiger partial charge in [0.1, 0.15) is 5.82 Å². The number of nitrogens with one attached hydrogen (secondary N) is 1. The molecule has 4 rings (SSSR count). The smallest absolute Gasteiger partial charge is 0.339 e. The topological polar surface area (TPSA) is 81.2 Å². The molecule has 24 heavy (non-hydrogen) atoms. The van der Waals surface area contributed by atoms with Gasteiger partial charge < -0.3 is 10.1 Å². The molecule has 2 aromatic rings. The molecule has 2 aromatic heterocycles. The Labute approximate surface area is 146 Å². The Balaban J connectivity index is 1.75. The summed E-state index contributed by atoms with van der Waals surface area (Å²) in [6.45, 7) is 2.08. The third-order valence-corrected chi connectivity index (χ3v) is 5.00. The molecule has 0 aromatic carbocycles. The first-order chi connectivity index (χ1) is 11.5. The number of pyridine rings is 2. The van der Waals surface area contributed by atoms with Crippen molar-refractivity contribution in [3.05, 3.63) is 51.4 Å². The molecule has 1 aliphatic heterocycles. The average molecular weight is 388 g/mol. The Morgan fingerprint density at radius 2 is 2.17 bits per heavy atom. The summed E-state index contributed by atoms with van der Waals surface area (Å²) in [4.78, 5) is 33.3. The Bertz CT molecular complexity index is 883. The molecule has 0 unspecified atom stereocenters. The van der Waals surface area contributed by atoms with Crippen LogP contribution >= 0.6 is 15.9 Å². The maximum atomic E-state index is 12.7. The van der Waals surface area contributed by atoms with Crippen LogP contribution in [0.1, 0.15) is 34.1 Å². The van der Waals surface area contributed by atoms with Crippen LogP contribution < -0.4 is 5.32 Å². The molecule has 0 saturated heterocycles. The Morgan fingerprint density at radius 1 is 1.33 bits per heavy atom. The highest BCUT2D eigenvalue weighted by atomic mass is 79.9. The first-order valence-electron chi connectivity index (χ1n) is 7.66. The number of fused-ring (bicyclic) bond motifs is 3. The molecule has 1 atom stereocenters. The number of esters is 1. The molecule has 0 fully saturated rings. The highest BCUT2D eigenvalue weighted by molar-refractivity contribution is 9.10. The van der Waals surface area contributed by atoms with Crippen molar-refractivity contribution in [1.29, 1.82) is 0 Å². The number of nitrogens with zero attached hydrogens (tertiary/aromatic N) is 2. The lowest BCUT2D eigenvalue weighted by Crippen LogP contribution is -2.35. The monoisotopic (exact) mass is 387 g/mol. The number of anilines is 1. The number of hydrogen-bond acceptors (Lipinski definition) is 5. The van der Waals surface area contributed by atoms with Gasteiger partial charge in [-0.05, 0) is 47.0 Å². The molecule has 0 bridgehead atoms. The van der Waals surface area contributed by atoms with Crippen LogP contribution in [0.25, 0.3) is 0 Å². The van der Waals surface area contributed by atoms with Gasteiger partial charge in [0, 0.05) is 34.5 Å². The van der Waals surface area contributed by atoms with E-state index < -0.39 is 11.4 Å². The highest BCUT2D eigenvalue weighted by Gasteiger charge is 2.51. The number of hydrogen-bond donors (Lipinski definition) is 1. The van der Waals surface area contributed by atoms with Crippen molar-refractivity contribution in [3.63, 3.8) is 0 Å². The largest absolute Gasteiger partial charge is 0.462 e. The molecule has 7 heteroatoms. The SMILES string of the molecule is CCOC(=O)c1cnc2c(c1)C[C@@]1(C2)C(=O)Nc2ncc(Br)cc21. The van der Waals surface area contributed by atoms with E-state index in [0.717, 1.165) is 21.3 Å². The lowest BCUT2D eigenvalue weighted by molar-refractivity contribution is -0.120. The molecule has 1 N–H and O–H groups in total. The first kappa shape index (κ1) is 15.3. The molecule has 1 amide bonds. The van der Waals surface area contributed by atoms with Gasteiger partial charge in [0.25, 0.3) is 0 Å².